The van der Waals surface area contributed by atoms with Crippen LogP contribution >= 0.6 is 0 Å². The lowest BCUT2D eigenvalue weighted by molar-refractivity contribution is -0.146. The van der Waals surface area contributed by atoms with Crippen LogP contribution < -0.4 is 0 Å². The highest BCUT2D eigenvalue weighted by Crippen LogP contribution is 2.48. The van der Waals surface area contributed by atoms with Crippen molar-refractivity contribution in [2.75, 3.05) is 39.6 Å². The van der Waals surface area contributed by atoms with Crippen LogP contribution in [0.1, 0.15) is 275 Å². The molecule has 0 bridgehead atoms. The largest absolute Gasteiger partial charge is 0.481 e. The van der Waals surface area contributed by atoms with Gasteiger partial charge < -0.3 is 94.8 Å². The van der Waals surface area contributed by atoms with Crippen molar-refractivity contribution in [1.29, 1.82) is 0 Å². The zero-order valence-corrected chi connectivity index (χ0v) is 82.1. The lowest BCUT2D eigenvalue weighted by Crippen LogP contribution is -2.28. The summed E-state index contributed by atoms with van der Waals surface area (Å²) in [6.07, 6.45) is 11.1. The van der Waals surface area contributed by atoms with E-state index < -0.39 is 60.6 Å². The predicted molar refractivity (Wildman–Crippen MR) is 528 cm³/mol. The molecular formula is C113H156O26. The van der Waals surface area contributed by atoms with Gasteiger partial charge in [-0.3, -0.25) is 33.6 Å². The molecule has 24 unspecified atom stereocenters. The molecule has 0 aliphatic heterocycles. The van der Waals surface area contributed by atoms with Crippen molar-refractivity contribution in [2.24, 2.45) is 71.0 Å². The minimum atomic E-state index is -0.876. The van der Waals surface area contributed by atoms with E-state index in [-0.39, 0.29) is 151 Å². The zero-order valence-electron chi connectivity index (χ0n) is 82.1. The number of ether oxygens (including phenoxy) is 6. The standard InChI is InChI=1S/C19H28O4.2C17H24O4.C16H22O4.C16H22O3.C14H18O4.C14H18O3/c1-2-23-19(21)13-16-10-11-18(20)17(16)9-6-12-22-14-15-7-4-3-5-8-15;1-2-21-17(20)10-13-8-9-15(18)14(13)11-16(19)12-6-4-3-5-7-12;18-16-9-8-14(11-17(19)20)15(16)7-4-10-21-12-13-5-2-1-3-6-13;1-2-20-14(18)10-12-8-9-13(17)15(12)16(19)11-6-4-3-5-7-11;1-3-19-15(18)10-13-8-9-14(17)16(13)12-6-4-11(2)5-7-12;15-11-7-6-10(8-12(16)17)13(11)14(18)9-4-2-1-3-5-9;1-9-2-4-10(5-3-9)14-11(8-13(16)17)6-7-12(14)15/h3-5,7-8,16-18,20H,2,6,9-14H2,1H3;3-7,13-16,18-19H,2,8-11H2,1H3;1-3,5-6,14-16,18H,4,7-12H2,(H,19,20);3-7,12-13,15-17,19H,2,8-10H2,1H3;4-7,13-14,16-17H,3,8-10H2,1-2H3;1-5,10-11,13-15,18H,6-8H2,(H,16,17);2-5,11-12,14-15H,6-8H2,1H3,(H,16,17). The number of aliphatic carboxylic acids is 3. The van der Waals surface area contributed by atoms with Crippen molar-refractivity contribution >= 4 is 41.8 Å². The Morgan fingerprint density at radius 1 is 0.302 bits per heavy atom. The Hall–Kier alpha value is -9.65. The lowest BCUT2D eigenvalue weighted by atomic mass is 9.84. The van der Waals surface area contributed by atoms with Crippen LogP contribution in [0, 0.1) is 84.9 Å². The van der Waals surface area contributed by atoms with Crippen molar-refractivity contribution in [2.45, 2.75) is 295 Å². The third kappa shape index (κ3) is 39.0. The minimum Gasteiger partial charge on any atom is -0.481 e. The molecule has 7 aromatic carbocycles. The molecule has 764 valence electrons. The maximum absolute atomic E-state index is 11.7. The number of aliphatic hydroxyl groups is 10. The smallest absolute Gasteiger partial charge is 0.306 e. The Morgan fingerprint density at radius 3 is 0.928 bits per heavy atom. The van der Waals surface area contributed by atoms with E-state index in [1.807, 2.05) is 179 Å². The van der Waals surface area contributed by atoms with Gasteiger partial charge in [-0.05, 0) is 262 Å². The number of hydrogen-bond acceptors (Lipinski definition) is 23. The van der Waals surface area contributed by atoms with Crippen LogP contribution in [-0.4, -0.2) is 191 Å². The monoisotopic (exact) mass is 1930 g/mol. The van der Waals surface area contributed by atoms with Crippen molar-refractivity contribution in [1.82, 2.24) is 0 Å². The number of carboxylic acids is 3. The summed E-state index contributed by atoms with van der Waals surface area (Å²) in [4.78, 5) is 79.0. The molecule has 7 fully saturated rings. The van der Waals surface area contributed by atoms with Crippen LogP contribution in [-0.2, 0) is 75.2 Å². The van der Waals surface area contributed by atoms with E-state index >= 15 is 0 Å². The third-order valence-corrected chi connectivity index (χ3v) is 28.7. The molecule has 0 spiro atoms. The molecule has 14 rings (SSSR count). The zero-order chi connectivity index (χ0) is 101. The highest BCUT2D eigenvalue weighted by molar-refractivity contribution is 5.71. The van der Waals surface area contributed by atoms with Crippen molar-refractivity contribution < 1.29 is 128 Å². The van der Waals surface area contributed by atoms with Crippen molar-refractivity contribution in [3.63, 3.8) is 0 Å². The molecule has 7 aliphatic carbocycles. The average Bonchev–Trinajstić information content (AvgIpc) is 1.70. The van der Waals surface area contributed by atoms with Crippen LogP contribution in [0.25, 0.3) is 0 Å². The van der Waals surface area contributed by atoms with Gasteiger partial charge in [0.1, 0.15) is 0 Å². The number of esters is 4. The minimum absolute atomic E-state index is 0.00558. The van der Waals surface area contributed by atoms with Gasteiger partial charge in [0.25, 0.3) is 0 Å². The lowest BCUT2D eigenvalue weighted by Gasteiger charge is -2.27. The van der Waals surface area contributed by atoms with E-state index in [2.05, 4.69) is 36.4 Å². The number of hydrogen-bond donors (Lipinski definition) is 13. The predicted octanol–water partition coefficient (Wildman–Crippen LogP) is 17.4. The van der Waals surface area contributed by atoms with E-state index in [9.17, 15) is 84.6 Å². The molecule has 0 amide bonds. The Labute approximate surface area is 821 Å². The molecular weight excluding hydrogens is 1770 g/mol. The summed E-state index contributed by atoms with van der Waals surface area (Å²) in [5.41, 5.74) is 9.28. The van der Waals surface area contributed by atoms with Gasteiger partial charge in [0.2, 0.25) is 0 Å². The van der Waals surface area contributed by atoms with Gasteiger partial charge in [-0.1, -0.05) is 211 Å². The number of carbonyl (C=O) groups excluding carboxylic acids is 4. The van der Waals surface area contributed by atoms with Gasteiger partial charge in [-0.15, -0.1) is 0 Å². The Balaban J connectivity index is 0.000000199. The molecule has 26 heteroatoms. The Morgan fingerprint density at radius 2 is 0.568 bits per heavy atom. The van der Waals surface area contributed by atoms with Crippen LogP contribution in [0.5, 0.6) is 0 Å². The fourth-order valence-electron chi connectivity index (χ4n) is 21.7. The van der Waals surface area contributed by atoms with Crippen molar-refractivity contribution in [3.05, 3.63) is 250 Å². The highest BCUT2D eigenvalue weighted by Gasteiger charge is 2.45. The van der Waals surface area contributed by atoms with Gasteiger partial charge in [-0.2, -0.15) is 0 Å². The molecule has 0 heterocycles. The first-order valence-electron chi connectivity index (χ1n) is 50.5. The quantitative estimate of drug-likeness (QED) is 0.00967. The molecule has 7 aliphatic rings. The molecule has 0 radical (unpaired) electrons. The van der Waals surface area contributed by atoms with Crippen LogP contribution in [0.15, 0.2) is 200 Å². The fraction of sp³-hybridized carbons (Fsp3) is 0.566. The van der Waals surface area contributed by atoms with Gasteiger partial charge in [-0.25, -0.2) is 0 Å². The summed E-state index contributed by atoms with van der Waals surface area (Å²) < 4.78 is 31.4. The summed E-state index contributed by atoms with van der Waals surface area (Å²) in [7, 11) is 0. The first-order chi connectivity index (χ1) is 66.9. The summed E-state index contributed by atoms with van der Waals surface area (Å²) >= 11 is 0. The Bertz CT molecular complexity index is 4630. The average molecular weight is 1930 g/mol. The number of carboxylic acid groups (broad SMARTS) is 3. The second-order valence-electron chi connectivity index (χ2n) is 38.4. The maximum atomic E-state index is 11.7. The van der Waals surface area contributed by atoms with Crippen LogP contribution in [0.3, 0.4) is 0 Å². The van der Waals surface area contributed by atoms with Crippen LogP contribution in [0.4, 0.5) is 0 Å². The molecule has 7 aromatic rings. The van der Waals surface area contributed by atoms with E-state index in [4.69, 9.17) is 43.7 Å². The first kappa shape index (κ1) is 115. The summed E-state index contributed by atoms with van der Waals surface area (Å²) in [6.45, 7) is 15.4. The first-order valence-corrected chi connectivity index (χ1v) is 50.5. The molecule has 0 aromatic heterocycles. The number of aliphatic hydroxyl groups excluding tert-OH is 10. The topological polar surface area (TPSA) is 438 Å². The fourth-order valence-corrected chi connectivity index (χ4v) is 21.7. The Kier molecular flexibility index (Phi) is 51.1. The molecule has 0 saturated heterocycles. The number of carbonyl (C=O) groups is 7. The molecule has 7 saturated carbocycles. The molecule has 24 atom stereocenters. The van der Waals surface area contributed by atoms with E-state index in [0.29, 0.717) is 111 Å². The number of rotatable bonds is 39. The van der Waals surface area contributed by atoms with E-state index in [1.54, 1.807) is 26.0 Å². The second kappa shape index (κ2) is 61.9. The highest BCUT2D eigenvalue weighted by atomic mass is 16.5. The van der Waals surface area contributed by atoms with E-state index in [0.717, 1.165) is 117 Å². The van der Waals surface area contributed by atoms with E-state index in [1.165, 1.54) is 16.7 Å². The van der Waals surface area contributed by atoms with Crippen LogP contribution in [0.2, 0.25) is 0 Å². The van der Waals surface area contributed by atoms with Gasteiger partial charge in [0, 0.05) is 81.8 Å². The molecule has 26 nitrogen and oxygen atoms in total. The van der Waals surface area contributed by atoms with Gasteiger partial charge in [0.05, 0.1) is 101 Å². The number of aryl methyl sites for hydroxylation is 2. The number of benzene rings is 7. The summed E-state index contributed by atoms with van der Waals surface area (Å²) in [6, 6.07) is 64.3. The van der Waals surface area contributed by atoms with Gasteiger partial charge in [0.15, 0.2) is 0 Å². The normalized spacial score (nSPS) is 26.5. The van der Waals surface area contributed by atoms with Crippen molar-refractivity contribution in [3.8, 4) is 0 Å². The summed E-state index contributed by atoms with van der Waals surface area (Å²) in [5, 5.41) is 128. The maximum Gasteiger partial charge on any atom is 0.306 e. The second-order valence-corrected chi connectivity index (χ2v) is 38.4. The summed E-state index contributed by atoms with van der Waals surface area (Å²) in [5.74, 6) is -3.05. The molecule has 139 heavy (non-hydrogen) atoms. The van der Waals surface area contributed by atoms with Gasteiger partial charge >= 0.3 is 41.8 Å². The SMILES string of the molecule is CCOC(=O)CC1CCC(O)C1C(O)c1ccccc1.CCOC(=O)CC1CCC(O)C1CC(O)c1ccccc1.CCOC(=O)CC1CCC(O)C1CCCOCc1ccccc1.CCOC(=O)CC1CCC(O)C1c1ccc(C)cc1.Cc1ccc(C2C(O)CCC2CC(=O)O)cc1.O=C(O)CC1CCC(O)C1C(O)c1ccccc1.O=C(O)CC1CCC(O)C1CCCOCc1ccccc1. The molecule has 13 N–H and O–H groups in total. The third-order valence-electron chi connectivity index (χ3n) is 28.7.